The van der Waals surface area contributed by atoms with Crippen LogP contribution in [0.2, 0.25) is 0 Å². The van der Waals surface area contributed by atoms with Gasteiger partial charge in [0, 0.05) is 22.6 Å². The first-order valence-corrected chi connectivity index (χ1v) is 9.86. The third-order valence-electron chi connectivity index (χ3n) is 4.34. The van der Waals surface area contributed by atoms with E-state index >= 15 is 0 Å². The van der Waals surface area contributed by atoms with Gasteiger partial charge in [-0.25, -0.2) is 14.8 Å². The third-order valence-corrected chi connectivity index (χ3v) is 6.48. The van der Waals surface area contributed by atoms with E-state index < -0.39 is 0 Å². The van der Waals surface area contributed by atoms with E-state index in [1.54, 1.807) is 16.7 Å². The number of rotatable bonds is 4. The molecule has 0 N–H and O–H groups in total. The van der Waals surface area contributed by atoms with Gasteiger partial charge in [-0.1, -0.05) is 0 Å². The molecule has 0 saturated carbocycles. The Hall–Kier alpha value is -1.34. The highest BCUT2D eigenvalue weighted by Gasteiger charge is 2.23. The Morgan fingerprint density at radius 3 is 3.00 bits per heavy atom. The monoisotopic (exact) mass is 349 g/mol. The lowest BCUT2D eigenvalue weighted by Gasteiger charge is -2.13. The molecule has 4 rings (SSSR count). The molecule has 5 nitrogen and oxygen atoms in total. The van der Waals surface area contributed by atoms with Gasteiger partial charge in [-0.15, -0.1) is 23.1 Å². The van der Waals surface area contributed by atoms with E-state index in [9.17, 15) is 4.79 Å². The van der Waals surface area contributed by atoms with Crippen LogP contribution in [0.25, 0.3) is 10.2 Å². The molecule has 0 aromatic carbocycles. The molecule has 0 bridgehead atoms. The highest BCUT2D eigenvalue weighted by Crippen LogP contribution is 2.39. The number of nitrogens with zero attached hydrogens (tertiary/aromatic N) is 3. The molecule has 3 heterocycles. The maximum atomic E-state index is 11.5. The normalized spacial score (nSPS) is 17.6. The minimum Gasteiger partial charge on any atom is -0.448 e. The van der Waals surface area contributed by atoms with Gasteiger partial charge in [0.15, 0.2) is 0 Å². The van der Waals surface area contributed by atoms with E-state index in [1.807, 2.05) is 18.3 Å². The van der Waals surface area contributed by atoms with Crippen molar-refractivity contribution < 1.29 is 9.53 Å². The summed E-state index contributed by atoms with van der Waals surface area (Å²) in [6.07, 6.45) is 4.68. The lowest BCUT2D eigenvalue weighted by atomic mass is 9.97. The van der Waals surface area contributed by atoms with E-state index in [1.165, 1.54) is 35.1 Å². The highest BCUT2D eigenvalue weighted by atomic mass is 32.2. The number of ether oxygens (including phenoxy) is 1. The van der Waals surface area contributed by atoms with Crippen molar-refractivity contribution in [1.29, 1.82) is 0 Å². The molecule has 2 aromatic rings. The number of carbonyl (C=O) groups excluding carboxylic acids is 1. The Morgan fingerprint density at radius 2 is 2.17 bits per heavy atom. The predicted molar refractivity (Wildman–Crippen MR) is 92.4 cm³/mol. The van der Waals surface area contributed by atoms with Crippen LogP contribution in [0.4, 0.5) is 4.79 Å². The van der Waals surface area contributed by atoms with Gasteiger partial charge in [0.1, 0.15) is 22.3 Å². The Kier molecular flexibility index (Phi) is 4.15. The maximum Gasteiger partial charge on any atom is 0.409 e. The number of fused-ring (bicyclic) bond motifs is 3. The van der Waals surface area contributed by atoms with Crippen LogP contribution in [0.3, 0.4) is 0 Å². The molecule has 2 aliphatic rings. The lowest BCUT2D eigenvalue weighted by molar-refractivity contribution is 0.160. The van der Waals surface area contributed by atoms with Crippen LogP contribution in [-0.2, 0) is 17.6 Å². The van der Waals surface area contributed by atoms with Crippen LogP contribution in [0, 0.1) is 6.92 Å². The summed E-state index contributed by atoms with van der Waals surface area (Å²) in [5.74, 6) is 1.67. The van der Waals surface area contributed by atoms with Crippen LogP contribution >= 0.6 is 23.1 Å². The number of amides is 1. The smallest absolute Gasteiger partial charge is 0.409 e. The van der Waals surface area contributed by atoms with Crippen molar-refractivity contribution in [2.24, 2.45) is 0 Å². The zero-order valence-electron chi connectivity index (χ0n) is 13.1. The van der Waals surface area contributed by atoms with Gasteiger partial charge in [-0.2, -0.15) is 0 Å². The summed E-state index contributed by atoms with van der Waals surface area (Å²) in [4.78, 5) is 25.2. The van der Waals surface area contributed by atoms with Gasteiger partial charge >= 0.3 is 6.09 Å². The highest BCUT2D eigenvalue weighted by molar-refractivity contribution is 7.99. The fourth-order valence-corrected chi connectivity index (χ4v) is 5.65. The van der Waals surface area contributed by atoms with Gasteiger partial charge in [0.25, 0.3) is 0 Å². The Balaban J connectivity index is 1.58. The van der Waals surface area contributed by atoms with E-state index in [0.717, 1.165) is 27.9 Å². The van der Waals surface area contributed by atoms with Gasteiger partial charge in [0.2, 0.25) is 0 Å². The minimum atomic E-state index is -0.192. The number of hydrogen-bond donors (Lipinski definition) is 0. The largest absolute Gasteiger partial charge is 0.448 e. The Labute approximate surface area is 143 Å². The standard InChI is InChI=1S/C16H19N3O2S2/c1-10-17-14(22-9-7-19-6-8-21-16(19)20)13-11-4-2-3-5-12(11)23-15(13)18-10/h2-9H2,1H3. The molecule has 1 amide bonds. The number of thiophene rings is 1. The second kappa shape index (κ2) is 6.28. The molecule has 7 heteroatoms. The van der Waals surface area contributed by atoms with E-state index in [-0.39, 0.29) is 6.09 Å². The van der Waals surface area contributed by atoms with Crippen LogP contribution in [-0.4, -0.2) is 46.4 Å². The molecule has 23 heavy (non-hydrogen) atoms. The molecule has 0 radical (unpaired) electrons. The van der Waals surface area contributed by atoms with Crippen molar-refractivity contribution in [3.63, 3.8) is 0 Å². The summed E-state index contributed by atoms with van der Waals surface area (Å²) in [6.45, 7) is 3.88. The SMILES string of the molecule is Cc1nc(SCCN2CCOC2=O)c2c3c(sc2n1)CCCC3. The summed E-state index contributed by atoms with van der Waals surface area (Å²) in [5, 5.41) is 2.35. The number of hydrogen-bond acceptors (Lipinski definition) is 6. The number of carbonyl (C=O) groups is 1. The topological polar surface area (TPSA) is 55.3 Å². The molecular weight excluding hydrogens is 330 g/mol. The molecule has 1 fully saturated rings. The second-order valence-corrected chi connectivity index (χ2v) is 8.08. The molecule has 0 unspecified atom stereocenters. The van der Waals surface area contributed by atoms with Crippen molar-refractivity contribution in [2.75, 3.05) is 25.4 Å². The predicted octanol–water partition coefficient (Wildman–Crippen LogP) is 3.42. The fourth-order valence-electron chi connectivity index (χ4n) is 3.21. The van der Waals surface area contributed by atoms with Crippen LogP contribution in [0.5, 0.6) is 0 Å². The average Bonchev–Trinajstić information content (AvgIpc) is 3.10. The van der Waals surface area contributed by atoms with Crippen LogP contribution in [0.1, 0.15) is 29.1 Å². The molecule has 0 spiro atoms. The first kappa shape index (κ1) is 15.2. The first-order valence-electron chi connectivity index (χ1n) is 8.06. The summed E-state index contributed by atoms with van der Waals surface area (Å²) in [7, 11) is 0. The molecule has 1 saturated heterocycles. The van der Waals surface area contributed by atoms with Gasteiger partial charge < -0.3 is 9.64 Å². The summed E-state index contributed by atoms with van der Waals surface area (Å²) >= 11 is 3.57. The molecule has 1 aliphatic carbocycles. The lowest BCUT2D eigenvalue weighted by Crippen LogP contribution is -2.26. The molecule has 1 aliphatic heterocycles. The maximum absolute atomic E-state index is 11.5. The van der Waals surface area contributed by atoms with Crippen molar-refractivity contribution in [3.8, 4) is 0 Å². The van der Waals surface area contributed by atoms with Crippen molar-refractivity contribution in [2.45, 2.75) is 37.6 Å². The Bertz CT molecular complexity index is 759. The molecule has 2 aromatic heterocycles. The summed E-state index contributed by atoms with van der Waals surface area (Å²) < 4.78 is 4.97. The number of aromatic nitrogens is 2. The second-order valence-electron chi connectivity index (χ2n) is 5.92. The van der Waals surface area contributed by atoms with Crippen LogP contribution < -0.4 is 0 Å². The van der Waals surface area contributed by atoms with Crippen molar-refractivity contribution in [1.82, 2.24) is 14.9 Å². The molecular formula is C16H19N3O2S2. The zero-order chi connectivity index (χ0) is 15.8. The van der Waals surface area contributed by atoms with Crippen molar-refractivity contribution >= 4 is 39.4 Å². The molecule has 122 valence electrons. The average molecular weight is 349 g/mol. The number of thioether (sulfide) groups is 1. The first-order chi connectivity index (χ1) is 11.2. The van der Waals surface area contributed by atoms with E-state index in [2.05, 4.69) is 9.97 Å². The third kappa shape index (κ3) is 2.92. The molecule has 0 atom stereocenters. The Morgan fingerprint density at radius 1 is 1.30 bits per heavy atom. The quantitative estimate of drug-likeness (QED) is 0.625. The number of cyclic esters (lactones) is 1. The summed E-state index contributed by atoms with van der Waals surface area (Å²) in [6, 6.07) is 0. The zero-order valence-corrected chi connectivity index (χ0v) is 14.8. The van der Waals surface area contributed by atoms with Crippen molar-refractivity contribution in [3.05, 3.63) is 16.3 Å². The fraction of sp³-hybridized carbons (Fsp3) is 0.562. The number of aryl methyl sites for hydroxylation is 3. The van der Waals surface area contributed by atoms with Gasteiger partial charge in [0.05, 0.1) is 6.54 Å². The summed E-state index contributed by atoms with van der Waals surface area (Å²) in [5.41, 5.74) is 1.47. The van der Waals surface area contributed by atoms with E-state index in [0.29, 0.717) is 19.7 Å². The van der Waals surface area contributed by atoms with Gasteiger partial charge in [-0.3, -0.25) is 0 Å². The van der Waals surface area contributed by atoms with E-state index in [4.69, 9.17) is 4.74 Å². The van der Waals surface area contributed by atoms with Crippen LogP contribution in [0.15, 0.2) is 5.03 Å². The minimum absolute atomic E-state index is 0.192. The van der Waals surface area contributed by atoms with Gasteiger partial charge in [-0.05, 0) is 38.2 Å².